The zero-order valence-electron chi connectivity index (χ0n) is 18.2. The molecule has 2 aromatic carbocycles. The van der Waals surface area contributed by atoms with Crippen molar-refractivity contribution >= 4 is 35.5 Å². The first-order valence-electron chi connectivity index (χ1n) is 10.3. The van der Waals surface area contributed by atoms with Gasteiger partial charge in [-0.15, -0.1) is 0 Å². The number of hydrogen-bond donors (Lipinski definition) is 3. The Morgan fingerprint density at radius 1 is 1.27 bits per heavy atom. The van der Waals surface area contributed by atoms with E-state index in [0.717, 1.165) is 10.9 Å². The molecule has 1 heterocycles. The number of aliphatic hydroxyl groups excluding tert-OH is 1. The predicted molar refractivity (Wildman–Crippen MR) is 125 cm³/mol. The fourth-order valence-corrected chi connectivity index (χ4v) is 5.94. The summed E-state index contributed by atoms with van der Waals surface area (Å²) in [5.41, 5.74) is -0.645. The van der Waals surface area contributed by atoms with Gasteiger partial charge in [0, 0.05) is 11.5 Å². The number of hydrogen-bond acceptors (Lipinski definition) is 9. The van der Waals surface area contributed by atoms with Gasteiger partial charge in [0.05, 0.1) is 30.4 Å². The van der Waals surface area contributed by atoms with Crippen LogP contribution in [0.5, 0.6) is 17.4 Å². The number of aromatic nitrogens is 1. The van der Waals surface area contributed by atoms with E-state index in [4.69, 9.17) is 13.6 Å². The Hall–Kier alpha value is -2.28. The summed E-state index contributed by atoms with van der Waals surface area (Å²) < 4.78 is 16.0. The number of fused-ring (bicyclic) bond motifs is 4. The molecule has 1 aromatic heterocycles. The third-order valence-electron chi connectivity index (χ3n) is 7.10. The van der Waals surface area contributed by atoms with Crippen LogP contribution in [0.4, 0.5) is 0 Å². The molecule has 2 aliphatic carbocycles. The van der Waals surface area contributed by atoms with Gasteiger partial charge in [0.1, 0.15) is 23.2 Å². The zero-order valence-corrected chi connectivity index (χ0v) is 20.5. The number of ketones is 1. The molecule has 0 radical (unpaired) electrons. The van der Waals surface area contributed by atoms with Crippen LogP contribution < -0.4 is 9.05 Å². The minimum atomic E-state index is -2.24. The summed E-state index contributed by atoms with van der Waals surface area (Å²) in [6.45, 7) is 1.89. The van der Waals surface area contributed by atoms with Crippen molar-refractivity contribution in [3.63, 3.8) is 0 Å². The van der Waals surface area contributed by atoms with E-state index in [1.54, 1.807) is 20.2 Å². The molecule has 0 fully saturated rings. The number of carbonyl (C=O) groups excluding carboxylic acids is 1. The van der Waals surface area contributed by atoms with E-state index in [1.807, 2.05) is 33.4 Å². The maximum Gasteiger partial charge on any atom is 0.267 e. The molecule has 3 aromatic rings. The topological polar surface area (TPSA) is 125 Å². The Morgan fingerprint density at radius 3 is 2.64 bits per heavy atom. The molecule has 0 amide bonds. The lowest BCUT2D eigenvalue weighted by Gasteiger charge is -2.50. The van der Waals surface area contributed by atoms with Gasteiger partial charge < -0.3 is 28.9 Å². The summed E-state index contributed by atoms with van der Waals surface area (Å²) in [6, 6.07) is 4.78. The summed E-state index contributed by atoms with van der Waals surface area (Å²) in [6.07, 6.45) is -1.49. The van der Waals surface area contributed by atoms with Gasteiger partial charge in [-0.3, -0.25) is 9.69 Å². The Balaban J connectivity index is 1.82. The van der Waals surface area contributed by atoms with Crippen molar-refractivity contribution in [1.29, 1.82) is 0 Å². The lowest BCUT2D eigenvalue weighted by Crippen LogP contribution is -2.60. The Morgan fingerprint density at radius 2 is 2.00 bits per heavy atom. The number of phenols is 1. The van der Waals surface area contributed by atoms with Gasteiger partial charge in [0.2, 0.25) is 5.78 Å². The number of phenolic OH excluding ortho intramolecular Hbond substituents is 1. The molecule has 9 nitrogen and oxygen atoms in total. The highest BCUT2D eigenvalue weighted by atomic mass is 31.0. The second-order valence-corrected chi connectivity index (χ2v) is 9.25. The number of aliphatic hydroxyl groups is 2. The van der Waals surface area contributed by atoms with E-state index in [1.165, 1.54) is 0 Å². The maximum absolute atomic E-state index is 13.7. The number of benzene rings is 2. The second-order valence-electron chi connectivity index (χ2n) is 8.78. The van der Waals surface area contributed by atoms with Gasteiger partial charge >= 0.3 is 0 Å². The van der Waals surface area contributed by atoms with Crippen LogP contribution in [0.3, 0.4) is 0 Å². The molecular formula is C22H24N2O7P2. The minimum absolute atomic E-state index is 0.0177. The Bertz CT molecular complexity index is 1310. The third-order valence-corrected chi connectivity index (χ3v) is 7.58. The third kappa shape index (κ3) is 2.77. The molecule has 174 valence electrons. The number of nitrogens with zero attached hydrogens (tertiary/aromatic N) is 2. The molecule has 0 bridgehead atoms. The van der Waals surface area contributed by atoms with Crippen LogP contribution in [0.25, 0.3) is 10.8 Å². The molecule has 11 heteroatoms. The number of rotatable bonds is 3. The summed E-state index contributed by atoms with van der Waals surface area (Å²) in [5.74, 6) is -1.18. The first-order chi connectivity index (χ1) is 15.7. The molecule has 0 aliphatic heterocycles. The molecule has 3 unspecified atom stereocenters. The van der Waals surface area contributed by atoms with E-state index in [2.05, 4.69) is 14.6 Å². The lowest BCUT2D eigenvalue weighted by molar-refractivity contribution is -0.119. The van der Waals surface area contributed by atoms with Crippen LogP contribution in [-0.2, 0) is 6.42 Å². The molecule has 5 rings (SSSR count). The van der Waals surface area contributed by atoms with Crippen molar-refractivity contribution < 1.29 is 33.7 Å². The number of aromatic hydroxyl groups is 1. The number of aryl methyl sites for hydroxylation is 1. The van der Waals surface area contributed by atoms with Crippen LogP contribution in [0.1, 0.15) is 45.0 Å². The summed E-state index contributed by atoms with van der Waals surface area (Å²) in [7, 11) is 7.74. The van der Waals surface area contributed by atoms with Crippen molar-refractivity contribution in [2.75, 3.05) is 14.1 Å². The van der Waals surface area contributed by atoms with Crippen molar-refractivity contribution in [1.82, 2.24) is 10.1 Å². The van der Waals surface area contributed by atoms with E-state index in [-0.39, 0.29) is 34.9 Å². The van der Waals surface area contributed by atoms with Crippen LogP contribution in [0.2, 0.25) is 0 Å². The number of Topliss-reactive ketones (excluding diaryl/α,β-unsaturated/α-hetero) is 1. The fraction of sp³-hybridized carbons (Fsp3) is 0.364. The summed E-state index contributed by atoms with van der Waals surface area (Å²) in [5, 5.41) is 39.7. The standard InChI is InChI=1S/C22H24N2O7P2/c1-8-9-5-4-6-12(30-32)13(9)17(25)14-10(8)7-11-16(24(2)3)18-15(21(31-33)23-29-18)20(27)22(11,28)19(14)26/h4-6,11,16,19,25-26,28H,7,32-33H2,1-3H3/t11-,16-,19?,22-/m0/s1. The minimum Gasteiger partial charge on any atom is -0.507 e. The van der Waals surface area contributed by atoms with Crippen LogP contribution in [0.15, 0.2) is 22.7 Å². The molecule has 6 atom stereocenters. The normalized spacial score (nSPS) is 26.2. The van der Waals surface area contributed by atoms with Crippen molar-refractivity contribution in [3.8, 4) is 17.4 Å². The van der Waals surface area contributed by atoms with Crippen molar-refractivity contribution in [2.24, 2.45) is 5.92 Å². The van der Waals surface area contributed by atoms with Gasteiger partial charge in [-0.2, -0.15) is 0 Å². The SMILES string of the molecule is Cc1c2c(c(O)c3c(OP)cccc13)C(O)[C@]1(O)C(=O)c3c(OP)noc3[C@@H](N(C)C)[C@@H]1C2. The van der Waals surface area contributed by atoms with E-state index in [9.17, 15) is 20.1 Å². The van der Waals surface area contributed by atoms with Crippen molar-refractivity contribution in [2.45, 2.75) is 31.1 Å². The summed E-state index contributed by atoms with van der Waals surface area (Å²) in [4.78, 5) is 15.5. The highest BCUT2D eigenvalue weighted by Crippen LogP contribution is 2.58. The summed E-state index contributed by atoms with van der Waals surface area (Å²) >= 11 is 0. The molecule has 3 N–H and O–H groups in total. The Labute approximate surface area is 194 Å². The lowest BCUT2D eigenvalue weighted by atomic mass is 9.60. The van der Waals surface area contributed by atoms with Crippen LogP contribution >= 0.6 is 18.9 Å². The van der Waals surface area contributed by atoms with E-state index >= 15 is 0 Å². The molecule has 0 saturated carbocycles. The molecule has 33 heavy (non-hydrogen) atoms. The first-order valence-corrected chi connectivity index (χ1v) is 11.2. The maximum atomic E-state index is 13.7. The monoisotopic (exact) mass is 490 g/mol. The van der Waals surface area contributed by atoms with Crippen molar-refractivity contribution in [3.05, 3.63) is 46.2 Å². The average Bonchev–Trinajstić information content (AvgIpc) is 3.22. The number of carbonyl (C=O) groups is 1. The van der Waals surface area contributed by atoms with Gasteiger partial charge in [-0.1, -0.05) is 12.1 Å². The van der Waals surface area contributed by atoms with Gasteiger partial charge in [0.15, 0.2) is 11.4 Å². The van der Waals surface area contributed by atoms with E-state index in [0.29, 0.717) is 16.7 Å². The highest BCUT2D eigenvalue weighted by molar-refractivity contribution is 7.10. The first kappa shape index (κ1) is 22.5. The smallest absolute Gasteiger partial charge is 0.267 e. The molecule has 0 saturated heterocycles. The van der Waals surface area contributed by atoms with Gasteiger partial charge in [-0.25, -0.2) is 0 Å². The van der Waals surface area contributed by atoms with Crippen LogP contribution in [-0.4, -0.2) is 50.9 Å². The second kappa shape index (κ2) is 7.62. The van der Waals surface area contributed by atoms with E-state index < -0.39 is 29.4 Å². The molecule has 0 spiro atoms. The largest absolute Gasteiger partial charge is 0.507 e. The predicted octanol–water partition coefficient (Wildman–Crippen LogP) is 2.62. The quantitative estimate of drug-likeness (QED) is 0.475. The van der Waals surface area contributed by atoms with Crippen LogP contribution in [0, 0.1) is 12.8 Å². The zero-order chi connectivity index (χ0) is 23.8. The average molecular weight is 490 g/mol. The van der Waals surface area contributed by atoms with Gasteiger partial charge in [-0.05, 0) is 55.2 Å². The molecular weight excluding hydrogens is 466 g/mol. The molecule has 2 aliphatic rings. The Kier molecular flexibility index (Phi) is 5.20. The van der Waals surface area contributed by atoms with Gasteiger partial charge in [0.25, 0.3) is 5.88 Å². The fourth-order valence-electron chi connectivity index (χ4n) is 5.59. The highest BCUT2D eigenvalue weighted by Gasteiger charge is 2.63.